The van der Waals surface area contributed by atoms with Gasteiger partial charge < -0.3 is 4.74 Å². The third kappa shape index (κ3) is 6.16. The first-order valence-electron chi connectivity index (χ1n) is 11.8. The number of benzene rings is 1. The number of imide groups is 1. The molecule has 3 rings (SSSR count). The summed E-state index contributed by atoms with van der Waals surface area (Å²) in [7, 11) is 1.67. The van der Waals surface area contributed by atoms with Gasteiger partial charge in [0.15, 0.2) is 0 Å². The summed E-state index contributed by atoms with van der Waals surface area (Å²) >= 11 is 0. The molecule has 1 atom stereocenters. The Morgan fingerprint density at radius 2 is 1.94 bits per heavy atom. The molecule has 1 N–H and O–H groups in total. The van der Waals surface area contributed by atoms with Crippen molar-refractivity contribution in [2.24, 2.45) is 7.05 Å². The third-order valence-electron chi connectivity index (χ3n) is 5.69. The van der Waals surface area contributed by atoms with E-state index in [4.69, 9.17) is 4.74 Å². The van der Waals surface area contributed by atoms with Crippen molar-refractivity contribution in [3.63, 3.8) is 0 Å². The fourth-order valence-corrected chi connectivity index (χ4v) is 4.17. The van der Waals surface area contributed by atoms with Gasteiger partial charge in [-0.25, -0.2) is 4.79 Å². The van der Waals surface area contributed by atoms with E-state index in [2.05, 4.69) is 17.2 Å². The van der Waals surface area contributed by atoms with Crippen LogP contribution in [0.2, 0.25) is 0 Å². The van der Waals surface area contributed by atoms with E-state index in [0.717, 1.165) is 24.8 Å². The normalized spacial score (nSPS) is 16.5. The molecule has 1 aliphatic rings. The zero-order chi connectivity index (χ0) is 24.9. The number of hydrogen-bond acceptors (Lipinski definition) is 5. The summed E-state index contributed by atoms with van der Waals surface area (Å²) in [5, 5.41) is 2.38. The van der Waals surface area contributed by atoms with Crippen LogP contribution in [0.5, 0.6) is 0 Å². The second-order valence-corrected chi connectivity index (χ2v) is 9.65. The molecule has 8 nitrogen and oxygen atoms in total. The number of unbranched alkanes of at least 4 members (excludes halogenated alkanes) is 3. The van der Waals surface area contributed by atoms with Crippen LogP contribution in [0.1, 0.15) is 83.7 Å². The fraction of sp³-hybridized carbons (Fsp3) is 0.538. The molecule has 182 valence electrons. The molecule has 0 bridgehead atoms. The van der Waals surface area contributed by atoms with Crippen molar-refractivity contribution in [2.75, 3.05) is 0 Å². The highest BCUT2D eigenvalue weighted by atomic mass is 16.6. The minimum absolute atomic E-state index is 0.178. The summed E-state index contributed by atoms with van der Waals surface area (Å²) in [5.41, 5.74) is 1.26. The van der Waals surface area contributed by atoms with Crippen molar-refractivity contribution in [3.05, 3.63) is 34.2 Å². The molecule has 1 unspecified atom stereocenters. The van der Waals surface area contributed by atoms with Gasteiger partial charge in [0, 0.05) is 26.3 Å². The number of para-hydroxylation sites is 1. The molecule has 0 radical (unpaired) electrons. The van der Waals surface area contributed by atoms with Crippen molar-refractivity contribution in [2.45, 2.75) is 83.8 Å². The SMILES string of the molecule is Cn1c(=O)n(C2CCCC(=O)NC2=O)c2cccc(C#CCCCCCC(=O)OC(C)(C)C)c21. The molecular weight excluding hydrogens is 434 g/mol. The molecule has 1 saturated heterocycles. The summed E-state index contributed by atoms with van der Waals surface area (Å²) < 4.78 is 8.30. The molecule has 2 aromatic rings. The Kier molecular flexibility index (Phi) is 7.98. The molecule has 2 heterocycles. The minimum atomic E-state index is -0.726. The second kappa shape index (κ2) is 10.7. The summed E-state index contributed by atoms with van der Waals surface area (Å²) in [5.74, 6) is 5.40. The molecule has 8 heteroatoms. The lowest BCUT2D eigenvalue weighted by atomic mass is 10.1. The van der Waals surface area contributed by atoms with Crippen LogP contribution in [-0.4, -0.2) is 32.5 Å². The van der Waals surface area contributed by atoms with Crippen LogP contribution >= 0.6 is 0 Å². The predicted octanol–water partition coefficient (Wildman–Crippen LogP) is 3.35. The van der Waals surface area contributed by atoms with E-state index in [9.17, 15) is 19.2 Å². The van der Waals surface area contributed by atoms with Crippen LogP contribution in [0.25, 0.3) is 11.0 Å². The number of nitrogens with one attached hydrogen (secondary N) is 1. The van der Waals surface area contributed by atoms with Crippen molar-refractivity contribution in [3.8, 4) is 11.8 Å². The number of amides is 2. The third-order valence-corrected chi connectivity index (χ3v) is 5.69. The number of carbonyl (C=O) groups is 3. The Morgan fingerprint density at radius 3 is 2.68 bits per heavy atom. The van der Waals surface area contributed by atoms with Gasteiger partial charge in [0.25, 0.3) is 0 Å². The van der Waals surface area contributed by atoms with Gasteiger partial charge in [-0.05, 0) is 58.6 Å². The van der Waals surface area contributed by atoms with Gasteiger partial charge in [0.2, 0.25) is 11.8 Å². The summed E-state index contributed by atoms with van der Waals surface area (Å²) in [6, 6.07) is 4.76. The van der Waals surface area contributed by atoms with Gasteiger partial charge in [-0.2, -0.15) is 0 Å². The Balaban J connectivity index is 1.69. The first kappa shape index (κ1) is 25.3. The maximum atomic E-state index is 13.0. The zero-order valence-corrected chi connectivity index (χ0v) is 20.4. The Bertz CT molecular complexity index is 1200. The van der Waals surface area contributed by atoms with Gasteiger partial charge >= 0.3 is 11.7 Å². The summed E-state index contributed by atoms with van der Waals surface area (Å²) in [6.07, 6.45) is 4.82. The van der Waals surface area contributed by atoms with Crippen molar-refractivity contribution < 1.29 is 19.1 Å². The van der Waals surface area contributed by atoms with Crippen molar-refractivity contribution in [1.29, 1.82) is 0 Å². The van der Waals surface area contributed by atoms with Crippen LogP contribution in [0.15, 0.2) is 23.0 Å². The van der Waals surface area contributed by atoms with Gasteiger partial charge in [0.1, 0.15) is 11.6 Å². The topological polar surface area (TPSA) is 99.4 Å². The molecule has 1 aromatic heterocycles. The average Bonchev–Trinajstić information content (AvgIpc) is 2.88. The van der Waals surface area contributed by atoms with Crippen LogP contribution in [0, 0.1) is 11.8 Å². The van der Waals surface area contributed by atoms with Crippen molar-refractivity contribution >= 4 is 28.8 Å². The number of hydrogen-bond donors (Lipinski definition) is 1. The number of ether oxygens (including phenoxy) is 1. The first-order valence-corrected chi connectivity index (χ1v) is 11.8. The number of rotatable bonds is 6. The van der Waals surface area contributed by atoms with E-state index in [1.54, 1.807) is 13.1 Å². The van der Waals surface area contributed by atoms with E-state index in [-0.39, 0.29) is 24.0 Å². The second-order valence-electron chi connectivity index (χ2n) is 9.65. The Hall–Kier alpha value is -3.34. The van der Waals surface area contributed by atoms with E-state index in [1.165, 1.54) is 9.13 Å². The Morgan fingerprint density at radius 1 is 1.18 bits per heavy atom. The van der Waals surface area contributed by atoms with Gasteiger partial charge in [-0.3, -0.25) is 28.8 Å². The molecule has 0 aliphatic carbocycles. The van der Waals surface area contributed by atoms with Gasteiger partial charge in [-0.1, -0.05) is 24.3 Å². The predicted molar refractivity (Wildman–Crippen MR) is 129 cm³/mol. The van der Waals surface area contributed by atoms with E-state index in [1.807, 2.05) is 32.9 Å². The molecular formula is C26H33N3O5. The smallest absolute Gasteiger partial charge is 0.329 e. The molecule has 0 saturated carbocycles. The zero-order valence-electron chi connectivity index (χ0n) is 20.4. The minimum Gasteiger partial charge on any atom is -0.460 e. The lowest BCUT2D eigenvalue weighted by Gasteiger charge is -2.19. The lowest BCUT2D eigenvalue weighted by Crippen LogP contribution is -2.38. The largest absolute Gasteiger partial charge is 0.460 e. The van der Waals surface area contributed by atoms with E-state index < -0.39 is 17.6 Å². The van der Waals surface area contributed by atoms with Crippen LogP contribution in [-0.2, 0) is 26.2 Å². The first-order chi connectivity index (χ1) is 16.1. The highest BCUT2D eigenvalue weighted by molar-refractivity contribution is 5.98. The molecule has 1 aromatic carbocycles. The fourth-order valence-electron chi connectivity index (χ4n) is 4.17. The van der Waals surface area contributed by atoms with Crippen LogP contribution < -0.4 is 11.0 Å². The standard InChI is InChI=1S/C26H33N3O5/c1-26(2,3)34-22(31)17-9-7-5-6-8-12-18-13-10-14-19-23(18)28(4)25(33)29(19)20-15-11-16-21(30)27-24(20)32/h10,13-14,20H,5-7,9,11,15-17H2,1-4H3,(H,27,30,32). The van der Waals surface area contributed by atoms with E-state index >= 15 is 0 Å². The van der Waals surface area contributed by atoms with E-state index in [0.29, 0.717) is 36.7 Å². The monoisotopic (exact) mass is 467 g/mol. The van der Waals surface area contributed by atoms with Crippen LogP contribution in [0.3, 0.4) is 0 Å². The maximum Gasteiger partial charge on any atom is 0.329 e. The highest BCUT2D eigenvalue weighted by Crippen LogP contribution is 2.24. The number of aromatic nitrogens is 2. The number of esters is 1. The molecule has 1 aliphatic heterocycles. The quantitative estimate of drug-likeness (QED) is 0.304. The van der Waals surface area contributed by atoms with Gasteiger partial charge in [-0.15, -0.1) is 0 Å². The number of imidazole rings is 1. The number of carbonyl (C=O) groups excluding carboxylic acids is 3. The number of fused-ring (bicyclic) bond motifs is 1. The molecule has 34 heavy (non-hydrogen) atoms. The molecule has 2 amide bonds. The van der Waals surface area contributed by atoms with Crippen molar-refractivity contribution in [1.82, 2.24) is 14.5 Å². The number of aryl methyl sites for hydroxylation is 1. The lowest BCUT2D eigenvalue weighted by molar-refractivity contribution is -0.155. The van der Waals surface area contributed by atoms with Gasteiger partial charge in [0.05, 0.1) is 16.6 Å². The maximum absolute atomic E-state index is 13.0. The summed E-state index contributed by atoms with van der Waals surface area (Å²) in [6.45, 7) is 5.58. The van der Waals surface area contributed by atoms with Crippen LogP contribution in [0.4, 0.5) is 0 Å². The number of nitrogens with zero attached hydrogens (tertiary/aromatic N) is 2. The average molecular weight is 468 g/mol. The molecule has 1 fully saturated rings. The molecule has 0 spiro atoms. The highest BCUT2D eigenvalue weighted by Gasteiger charge is 2.29. The summed E-state index contributed by atoms with van der Waals surface area (Å²) in [4.78, 5) is 49.1. The Labute approximate surface area is 199 Å².